The molecule has 5 rings (SSSR count). The standard InChI is InChI=1S/C26H38N4O3.C2H3N/c1-3-23-19-25(5-1)32-17-15-31-16-18-33-26-6-2-4-24(20-26)22-30-13-9-27-7-11-29(21-23)12-8-28-10-14-30;1-2-3/h1-6,19-20,27-28H,7-18,21-22H2;1H3. The first-order valence-electron chi connectivity index (χ1n) is 12.9. The molecule has 3 aliphatic rings. The highest BCUT2D eigenvalue weighted by atomic mass is 16.5. The fourth-order valence-corrected chi connectivity index (χ4v) is 4.26. The van der Waals surface area contributed by atoms with Gasteiger partial charge in [0.25, 0.3) is 0 Å². The fraction of sp³-hybridized carbons (Fsp3) is 0.536. The molecule has 2 aromatic rings. The van der Waals surface area contributed by atoms with Gasteiger partial charge >= 0.3 is 0 Å². The van der Waals surface area contributed by atoms with Crippen molar-refractivity contribution < 1.29 is 14.2 Å². The Morgan fingerprint density at radius 3 is 1.53 bits per heavy atom. The van der Waals surface area contributed by atoms with Crippen molar-refractivity contribution in [3.8, 4) is 17.6 Å². The van der Waals surface area contributed by atoms with E-state index in [1.807, 2.05) is 12.1 Å². The Labute approximate surface area is 216 Å². The first-order valence-corrected chi connectivity index (χ1v) is 12.9. The minimum Gasteiger partial charge on any atom is -0.491 e. The molecule has 2 N–H and O–H groups in total. The second-order valence-corrected chi connectivity index (χ2v) is 8.88. The normalized spacial score (nSPS) is 22.2. The van der Waals surface area contributed by atoms with Crippen LogP contribution in [-0.2, 0) is 17.8 Å². The van der Waals surface area contributed by atoms with Crippen LogP contribution in [0.4, 0.5) is 0 Å². The summed E-state index contributed by atoms with van der Waals surface area (Å²) in [6.07, 6.45) is 0. The molecule has 0 aromatic heterocycles. The van der Waals surface area contributed by atoms with Gasteiger partial charge in [0.15, 0.2) is 0 Å². The second kappa shape index (κ2) is 16.9. The molecule has 0 spiro atoms. The van der Waals surface area contributed by atoms with Crippen LogP contribution >= 0.6 is 0 Å². The fourth-order valence-electron chi connectivity index (χ4n) is 4.26. The number of benzene rings is 2. The number of nitrogens with one attached hydrogen (secondary N) is 2. The average molecular weight is 496 g/mol. The third kappa shape index (κ3) is 10.9. The van der Waals surface area contributed by atoms with Crippen molar-refractivity contribution in [1.29, 1.82) is 5.26 Å². The van der Waals surface area contributed by atoms with E-state index in [0.717, 1.165) is 76.9 Å². The maximum Gasteiger partial charge on any atom is 0.119 e. The van der Waals surface area contributed by atoms with Gasteiger partial charge in [-0.1, -0.05) is 24.3 Å². The van der Waals surface area contributed by atoms with E-state index in [4.69, 9.17) is 19.5 Å². The Hall–Kier alpha value is -2.67. The van der Waals surface area contributed by atoms with Crippen LogP contribution in [0, 0.1) is 11.3 Å². The van der Waals surface area contributed by atoms with Gasteiger partial charge in [0.05, 0.1) is 19.3 Å². The molecule has 36 heavy (non-hydrogen) atoms. The number of fused-ring (bicyclic) bond motifs is 14. The van der Waals surface area contributed by atoms with Crippen LogP contribution in [0.1, 0.15) is 18.1 Å². The van der Waals surface area contributed by atoms with Crippen LogP contribution in [0.5, 0.6) is 11.5 Å². The monoisotopic (exact) mass is 495 g/mol. The van der Waals surface area contributed by atoms with E-state index in [2.05, 4.69) is 56.8 Å². The molecule has 8 nitrogen and oxygen atoms in total. The summed E-state index contributed by atoms with van der Waals surface area (Å²) in [5.74, 6) is 1.80. The molecule has 1 saturated heterocycles. The lowest BCUT2D eigenvalue weighted by Gasteiger charge is -2.27. The summed E-state index contributed by atoms with van der Waals surface area (Å²) in [5, 5.41) is 14.6. The highest BCUT2D eigenvalue weighted by molar-refractivity contribution is 5.29. The molecule has 8 heteroatoms. The molecule has 6 bridgehead atoms. The molecular weight excluding hydrogens is 454 g/mol. The zero-order chi connectivity index (χ0) is 25.3. The van der Waals surface area contributed by atoms with Crippen LogP contribution in [-0.4, -0.2) is 88.6 Å². The lowest BCUT2D eigenvalue weighted by atomic mass is 10.2. The molecule has 196 valence electrons. The third-order valence-corrected chi connectivity index (χ3v) is 6.02. The number of nitrogens with zero attached hydrogens (tertiary/aromatic N) is 3. The molecule has 3 aliphatic heterocycles. The van der Waals surface area contributed by atoms with Gasteiger partial charge in [-0.3, -0.25) is 9.80 Å². The van der Waals surface area contributed by atoms with E-state index in [1.165, 1.54) is 18.1 Å². The molecule has 0 radical (unpaired) electrons. The molecule has 0 amide bonds. The van der Waals surface area contributed by atoms with E-state index < -0.39 is 0 Å². The SMILES string of the molecule is CC#N.c1cc2cc(c1)OCCOCCOc1cccc(c1)CN1CCNCCN(CCNCC1)C2. The van der Waals surface area contributed by atoms with Crippen LogP contribution in [0.3, 0.4) is 0 Å². The van der Waals surface area contributed by atoms with Gasteiger partial charge in [0, 0.05) is 72.4 Å². The van der Waals surface area contributed by atoms with Crippen LogP contribution in [0.2, 0.25) is 0 Å². The van der Waals surface area contributed by atoms with Crippen LogP contribution < -0.4 is 20.1 Å². The number of hydrogen-bond donors (Lipinski definition) is 2. The molecule has 1 fully saturated rings. The van der Waals surface area contributed by atoms with Gasteiger partial charge in [-0.2, -0.15) is 5.26 Å². The van der Waals surface area contributed by atoms with Gasteiger partial charge < -0.3 is 24.8 Å². The Kier molecular flexibility index (Phi) is 13.1. The Morgan fingerprint density at radius 2 is 1.11 bits per heavy atom. The topological polar surface area (TPSA) is 82.0 Å². The molecule has 0 saturated carbocycles. The van der Waals surface area contributed by atoms with Crippen molar-refractivity contribution in [2.24, 2.45) is 0 Å². The molecule has 3 heterocycles. The van der Waals surface area contributed by atoms with Crippen molar-refractivity contribution >= 4 is 0 Å². The highest BCUT2D eigenvalue weighted by Crippen LogP contribution is 2.16. The predicted octanol–water partition coefficient (Wildman–Crippen LogP) is 2.50. The quantitative estimate of drug-likeness (QED) is 0.540. The summed E-state index contributed by atoms with van der Waals surface area (Å²) in [6.45, 7) is 13.5. The Morgan fingerprint density at radius 1 is 0.694 bits per heavy atom. The summed E-state index contributed by atoms with van der Waals surface area (Å²) in [6, 6.07) is 18.6. The number of hydrogen-bond acceptors (Lipinski definition) is 8. The summed E-state index contributed by atoms with van der Waals surface area (Å²) in [5.41, 5.74) is 2.56. The molecule has 0 aliphatic carbocycles. The van der Waals surface area contributed by atoms with Crippen molar-refractivity contribution in [1.82, 2.24) is 20.4 Å². The van der Waals surface area contributed by atoms with Crippen molar-refractivity contribution in [3.05, 3.63) is 59.7 Å². The minimum atomic E-state index is 0.534. The van der Waals surface area contributed by atoms with E-state index in [-0.39, 0.29) is 0 Å². The predicted molar refractivity (Wildman–Crippen MR) is 142 cm³/mol. The highest BCUT2D eigenvalue weighted by Gasteiger charge is 2.11. The van der Waals surface area contributed by atoms with Gasteiger partial charge in [-0.05, 0) is 35.4 Å². The average Bonchev–Trinajstić information content (AvgIpc) is 2.87. The van der Waals surface area contributed by atoms with E-state index in [0.29, 0.717) is 26.4 Å². The van der Waals surface area contributed by atoms with Crippen molar-refractivity contribution in [2.45, 2.75) is 20.0 Å². The Balaban J connectivity index is 0.00000115. The summed E-state index contributed by atoms with van der Waals surface area (Å²) < 4.78 is 17.5. The summed E-state index contributed by atoms with van der Waals surface area (Å²) in [4.78, 5) is 5.03. The third-order valence-electron chi connectivity index (χ3n) is 6.02. The number of ether oxygens (including phenoxy) is 3. The van der Waals surface area contributed by atoms with Gasteiger partial charge in [0.1, 0.15) is 24.7 Å². The van der Waals surface area contributed by atoms with E-state index in [9.17, 15) is 0 Å². The summed E-state index contributed by atoms with van der Waals surface area (Å²) >= 11 is 0. The first-order chi connectivity index (χ1) is 17.8. The van der Waals surface area contributed by atoms with Crippen LogP contribution in [0.25, 0.3) is 0 Å². The van der Waals surface area contributed by atoms with E-state index in [1.54, 1.807) is 6.07 Å². The Bertz CT molecular complexity index is 841. The molecular formula is C28H41N5O3. The zero-order valence-corrected chi connectivity index (χ0v) is 21.6. The second-order valence-electron chi connectivity index (χ2n) is 8.88. The zero-order valence-electron chi connectivity index (χ0n) is 21.6. The van der Waals surface area contributed by atoms with Crippen molar-refractivity contribution in [2.75, 3.05) is 78.8 Å². The molecule has 0 atom stereocenters. The maximum atomic E-state index is 7.32. The molecule has 0 unspecified atom stereocenters. The number of rotatable bonds is 0. The molecule has 2 aromatic carbocycles. The number of nitriles is 1. The smallest absolute Gasteiger partial charge is 0.119 e. The van der Waals surface area contributed by atoms with Gasteiger partial charge in [-0.25, -0.2) is 0 Å². The van der Waals surface area contributed by atoms with Gasteiger partial charge in [0.2, 0.25) is 0 Å². The first kappa shape index (κ1) is 27.9. The summed E-state index contributed by atoms with van der Waals surface area (Å²) in [7, 11) is 0. The lowest BCUT2D eigenvalue weighted by molar-refractivity contribution is 0.0763. The maximum absolute atomic E-state index is 7.32. The lowest BCUT2D eigenvalue weighted by Crippen LogP contribution is -2.42. The van der Waals surface area contributed by atoms with Crippen LogP contribution in [0.15, 0.2) is 48.5 Å². The van der Waals surface area contributed by atoms with Gasteiger partial charge in [-0.15, -0.1) is 0 Å². The van der Waals surface area contributed by atoms with E-state index >= 15 is 0 Å². The minimum absolute atomic E-state index is 0.534. The van der Waals surface area contributed by atoms with Crippen molar-refractivity contribution in [3.63, 3.8) is 0 Å². The largest absolute Gasteiger partial charge is 0.491 e.